The molecule has 0 saturated carbocycles. The summed E-state index contributed by atoms with van der Waals surface area (Å²) in [6.45, 7) is 6.61. The molecule has 4 aromatic carbocycles. The van der Waals surface area contributed by atoms with E-state index in [1.54, 1.807) is 24.3 Å². The summed E-state index contributed by atoms with van der Waals surface area (Å²) in [6.07, 6.45) is 0. The Morgan fingerprint density at radius 1 is 0.449 bits per heavy atom. The summed E-state index contributed by atoms with van der Waals surface area (Å²) < 4.78 is 108. The third kappa shape index (κ3) is 10.4. The van der Waals surface area contributed by atoms with Crippen LogP contribution in [0.2, 0.25) is 0 Å². The van der Waals surface area contributed by atoms with E-state index in [2.05, 4.69) is 9.98 Å². The van der Waals surface area contributed by atoms with Crippen LogP contribution in [0, 0.1) is 13.8 Å². The van der Waals surface area contributed by atoms with Crippen LogP contribution in [0.15, 0.2) is 127 Å². The van der Waals surface area contributed by atoms with Crippen molar-refractivity contribution in [3.8, 4) is 11.5 Å². The molecule has 0 aliphatic rings. The topological polar surface area (TPSA) is 171 Å². The average molecular weight is 745 g/mol. The maximum absolute atomic E-state index is 12.9. The molecule has 15 heteroatoms. The van der Waals surface area contributed by atoms with Gasteiger partial charge in [0.2, 0.25) is 0 Å². The highest BCUT2D eigenvalue weighted by Gasteiger charge is 2.20. The van der Waals surface area contributed by atoms with Gasteiger partial charge in [0.15, 0.2) is 39.3 Å². The minimum Gasteiger partial charge on any atom is -0.457 e. The van der Waals surface area contributed by atoms with E-state index in [1.165, 1.54) is 86.6 Å². The zero-order chi connectivity index (χ0) is 36.0. The van der Waals surface area contributed by atoms with Crippen LogP contribution in [0.1, 0.15) is 25.0 Å². The molecule has 0 saturated heterocycles. The number of hydrogen-bond donors (Lipinski definition) is 0. The Balaban J connectivity index is 1.34. The number of hydrogen-bond acceptors (Lipinski definition) is 11. The highest BCUT2D eigenvalue weighted by atomic mass is 32.2. The molecular weight excluding hydrogens is 709 g/mol. The zero-order valence-electron chi connectivity index (χ0n) is 27.3. The van der Waals surface area contributed by atoms with Gasteiger partial charge in [0.1, 0.15) is 23.3 Å². The smallest absolute Gasteiger partial charge is 0.198 e. The van der Waals surface area contributed by atoms with Crippen molar-refractivity contribution in [1.29, 1.82) is 0 Å². The van der Waals surface area contributed by atoms with E-state index in [9.17, 15) is 33.7 Å². The molecule has 0 aliphatic heterocycles. The van der Waals surface area contributed by atoms with Gasteiger partial charge in [-0.05, 0) is 100 Å². The minimum atomic E-state index is -3.88. The Labute approximate surface area is 288 Å². The lowest BCUT2D eigenvalue weighted by Gasteiger charge is -2.09. The second kappa shape index (κ2) is 15.2. The van der Waals surface area contributed by atoms with E-state index >= 15 is 0 Å². The van der Waals surface area contributed by atoms with E-state index in [0.717, 1.165) is 11.1 Å². The van der Waals surface area contributed by atoms with Gasteiger partial charge in [-0.15, -0.1) is 0 Å². The van der Waals surface area contributed by atoms with E-state index in [4.69, 9.17) is 4.74 Å². The maximum Gasteiger partial charge on any atom is 0.198 e. The van der Waals surface area contributed by atoms with Crippen LogP contribution in [0.25, 0.3) is 0 Å². The lowest BCUT2D eigenvalue weighted by atomic mass is 10.2. The number of benzene rings is 4. The number of ether oxygens (including phenoxy) is 1. The molecule has 0 radical (unpaired) electrons. The van der Waals surface area contributed by atoms with Crippen molar-refractivity contribution < 1.29 is 38.4 Å². The van der Waals surface area contributed by atoms with Crippen molar-refractivity contribution in [3.63, 3.8) is 0 Å². The van der Waals surface area contributed by atoms with Gasteiger partial charge < -0.3 is 4.74 Å². The molecule has 0 heterocycles. The van der Waals surface area contributed by atoms with Crippen LogP contribution < -0.4 is 4.74 Å². The van der Waals surface area contributed by atoms with Gasteiger partial charge in [-0.1, -0.05) is 35.4 Å². The van der Waals surface area contributed by atoms with Crippen molar-refractivity contribution >= 4 is 50.8 Å². The average Bonchev–Trinajstić information content (AvgIpc) is 3.03. The maximum atomic E-state index is 12.9. The predicted molar refractivity (Wildman–Crippen MR) is 190 cm³/mol. The largest absolute Gasteiger partial charge is 0.457 e. The van der Waals surface area contributed by atoms with Crippen LogP contribution in [-0.4, -0.2) is 68.4 Å². The summed E-state index contributed by atoms with van der Waals surface area (Å²) in [5, 5.41) is 0. The van der Waals surface area contributed by atoms with Gasteiger partial charge >= 0.3 is 0 Å². The zero-order valence-corrected chi connectivity index (χ0v) is 30.5. The standard InChI is InChI=1S/C34H36N2O9S4/c1-25-5-13-31(14-6-25)46(37,38)21-27(3)35-23-48(41,42)33-17-9-29(10-18-33)45-30-11-19-34(20-12-30)49(43,44)24-36-28(4)22-47(39,40)32-15-7-26(2)8-16-32/h5-20H,21-24H2,1-4H3. The van der Waals surface area contributed by atoms with Crippen molar-refractivity contribution in [3.05, 3.63) is 108 Å². The summed E-state index contributed by atoms with van der Waals surface area (Å²) in [5.74, 6) is -1.52. The van der Waals surface area contributed by atoms with E-state index < -0.39 is 62.6 Å². The fourth-order valence-electron chi connectivity index (χ4n) is 4.40. The minimum absolute atomic E-state index is 0.0400. The van der Waals surface area contributed by atoms with Crippen molar-refractivity contribution in [1.82, 2.24) is 0 Å². The highest BCUT2D eigenvalue weighted by molar-refractivity contribution is 7.92. The fraction of sp³-hybridized carbons (Fsp3) is 0.235. The molecule has 0 amide bonds. The van der Waals surface area contributed by atoms with Gasteiger partial charge in [0.25, 0.3) is 0 Å². The van der Waals surface area contributed by atoms with Crippen LogP contribution in [0.4, 0.5) is 0 Å². The quantitative estimate of drug-likeness (QED) is 0.153. The predicted octanol–water partition coefficient (Wildman–Crippen LogP) is 5.43. The lowest BCUT2D eigenvalue weighted by Crippen LogP contribution is -2.16. The summed E-state index contributed by atoms with van der Waals surface area (Å²) in [5.41, 5.74) is 2.14. The third-order valence-electron chi connectivity index (χ3n) is 7.17. The van der Waals surface area contributed by atoms with Crippen LogP contribution >= 0.6 is 0 Å². The molecule has 0 spiro atoms. The number of aliphatic imine (C=N–C) groups is 2. The summed E-state index contributed by atoms with van der Waals surface area (Å²) in [6, 6.07) is 23.8. The first-order valence-corrected chi connectivity index (χ1v) is 21.4. The number of rotatable bonds is 14. The van der Waals surface area contributed by atoms with Crippen LogP contribution in [-0.2, 0) is 39.3 Å². The molecule has 260 valence electrons. The Bertz CT molecular complexity index is 2130. The second-order valence-corrected chi connectivity index (χ2v) is 19.4. The van der Waals surface area contributed by atoms with Gasteiger partial charge in [-0.3, -0.25) is 9.98 Å². The summed E-state index contributed by atoms with van der Waals surface area (Å²) in [7, 11) is -15.1. The molecule has 4 aromatic rings. The SMILES string of the molecule is CC(CS(=O)(=O)c1ccc(C)cc1)=NCS(=O)(=O)c1ccc(Oc2ccc(S(=O)(=O)CN=C(C)CS(=O)(=O)c3ccc(C)cc3)cc2)cc1. The Kier molecular flexibility index (Phi) is 11.6. The molecule has 0 N–H and O–H groups in total. The first-order valence-electron chi connectivity index (χ1n) is 14.8. The van der Waals surface area contributed by atoms with E-state index in [1.807, 2.05) is 13.8 Å². The second-order valence-electron chi connectivity index (χ2n) is 11.5. The van der Waals surface area contributed by atoms with Gasteiger partial charge in [0, 0.05) is 11.4 Å². The van der Waals surface area contributed by atoms with Crippen molar-refractivity contribution in [2.75, 3.05) is 23.3 Å². The molecule has 0 aliphatic carbocycles. The fourth-order valence-corrected chi connectivity index (χ4v) is 9.30. The molecule has 0 atom stereocenters. The molecule has 49 heavy (non-hydrogen) atoms. The molecule has 0 fully saturated rings. The first kappa shape index (κ1) is 37.6. The molecule has 4 rings (SSSR count). The number of sulfone groups is 4. The normalized spacial score (nSPS) is 13.3. The Morgan fingerprint density at radius 2 is 0.714 bits per heavy atom. The third-order valence-corrected chi connectivity index (χ3v) is 13.7. The van der Waals surface area contributed by atoms with Crippen molar-refractivity contribution in [2.45, 2.75) is 47.3 Å². The monoisotopic (exact) mass is 744 g/mol. The van der Waals surface area contributed by atoms with Crippen molar-refractivity contribution in [2.24, 2.45) is 9.98 Å². The van der Waals surface area contributed by atoms with Gasteiger partial charge in [0.05, 0.1) is 31.1 Å². The Hall–Kier alpha value is -4.18. The van der Waals surface area contributed by atoms with Gasteiger partial charge in [-0.2, -0.15) is 0 Å². The van der Waals surface area contributed by atoms with E-state index in [0.29, 0.717) is 0 Å². The molecule has 0 unspecified atom stereocenters. The lowest BCUT2D eigenvalue weighted by molar-refractivity contribution is 0.481. The molecule has 0 bridgehead atoms. The molecular formula is C34H36N2O9S4. The highest BCUT2D eigenvalue weighted by Crippen LogP contribution is 2.25. The van der Waals surface area contributed by atoms with E-state index in [-0.39, 0.29) is 42.5 Å². The van der Waals surface area contributed by atoms with Crippen LogP contribution in [0.5, 0.6) is 11.5 Å². The summed E-state index contributed by atoms with van der Waals surface area (Å²) >= 11 is 0. The Morgan fingerprint density at radius 3 is 1.02 bits per heavy atom. The molecule has 11 nitrogen and oxygen atoms in total. The first-order chi connectivity index (χ1) is 22.9. The number of nitrogens with zero attached hydrogens (tertiary/aromatic N) is 2. The molecule has 0 aromatic heterocycles. The summed E-state index contributed by atoms with van der Waals surface area (Å²) in [4.78, 5) is 8.19. The van der Waals surface area contributed by atoms with Crippen LogP contribution in [0.3, 0.4) is 0 Å². The van der Waals surface area contributed by atoms with Gasteiger partial charge in [-0.25, -0.2) is 33.7 Å². The number of aryl methyl sites for hydroxylation is 2.